The van der Waals surface area contributed by atoms with Crippen LogP contribution < -0.4 is 10.1 Å². The molecule has 0 saturated heterocycles. The van der Waals surface area contributed by atoms with Crippen LogP contribution in [0.4, 0.5) is 10.1 Å². The van der Waals surface area contributed by atoms with Gasteiger partial charge in [0.1, 0.15) is 11.6 Å². The van der Waals surface area contributed by atoms with Crippen molar-refractivity contribution in [2.75, 3.05) is 5.32 Å². The lowest BCUT2D eigenvalue weighted by Gasteiger charge is -2.14. The van der Waals surface area contributed by atoms with Gasteiger partial charge >= 0.3 is 0 Å². The lowest BCUT2D eigenvalue weighted by Crippen LogP contribution is -2.22. The quantitative estimate of drug-likeness (QED) is 0.410. The highest BCUT2D eigenvalue weighted by Crippen LogP contribution is 2.30. The lowest BCUT2D eigenvalue weighted by atomic mass is 9.93. The maximum absolute atomic E-state index is 13.1. The molecule has 1 aliphatic rings. The average Bonchev–Trinajstić information content (AvgIpc) is 3.20. The first-order valence-corrected chi connectivity index (χ1v) is 13.1. The molecule has 184 valence electrons. The predicted octanol–water partition coefficient (Wildman–Crippen LogP) is 5.34. The Bertz CT molecular complexity index is 1340. The number of fused-ring (bicyclic) bond motifs is 1. The summed E-state index contributed by atoms with van der Waals surface area (Å²) in [4.78, 5) is 15.1. The third-order valence-corrected chi connectivity index (χ3v) is 7.21. The molecule has 1 heterocycles. The van der Waals surface area contributed by atoms with Gasteiger partial charge in [-0.1, -0.05) is 25.5 Å². The van der Waals surface area contributed by atoms with E-state index in [1.807, 2.05) is 24.3 Å². The van der Waals surface area contributed by atoms with Gasteiger partial charge in [0.2, 0.25) is 0 Å². The molecule has 4 rings (SSSR count). The van der Waals surface area contributed by atoms with E-state index in [1.165, 1.54) is 17.7 Å². The highest BCUT2D eigenvalue weighted by molar-refractivity contribution is 7.89. The third-order valence-electron chi connectivity index (χ3n) is 5.99. The van der Waals surface area contributed by atoms with Gasteiger partial charge in [0.05, 0.1) is 10.6 Å². The van der Waals surface area contributed by atoms with Gasteiger partial charge in [-0.15, -0.1) is 0 Å². The molecule has 0 spiro atoms. The first-order chi connectivity index (χ1) is 16.8. The number of nitrogens with zero attached hydrogens (tertiary/aromatic N) is 1. The number of nitrogens with one attached hydrogen (secondary N) is 2. The van der Waals surface area contributed by atoms with Crippen LogP contribution in [0.2, 0.25) is 0 Å². The van der Waals surface area contributed by atoms with Crippen molar-refractivity contribution in [3.8, 4) is 0 Å². The number of unbranched alkanes of at least 4 members (excludes halogenated alkanes) is 1. The van der Waals surface area contributed by atoms with Crippen molar-refractivity contribution >= 4 is 27.3 Å². The number of anilines is 1. The van der Waals surface area contributed by atoms with Gasteiger partial charge in [0.25, 0.3) is 15.9 Å². The molecule has 3 aromatic rings. The van der Waals surface area contributed by atoms with E-state index in [0.717, 1.165) is 31.4 Å². The minimum atomic E-state index is -3.97. The number of hydrogen-bond acceptors (Lipinski definition) is 5. The molecule has 0 aliphatic heterocycles. The third kappa shape index (κ3) is 5.62. The fourth-order valence-corrected chi connectivity index (χ4v) is 4.93. The summed E-state index contributed by atoms with van der Waals surface area (Å²) < 4.78 is 44.1. The van der Waals surface area contributed by atoms with Gasteiger partial charge in [-0.3, -0.25) is 4.79 Å². The van der Waals surface area contributed by atoms with Gasteiger partial charge in [-0.05, 0) is 74.6 Å². The second-order valence-corrected chi connectivity index (χ2v) is 10.2. The Balaban J connectivity index is 1.53. The molecule has 1 aromatic heterocycles. The van der Waals surface area contributed by atoms with Crippen molar-refractivity contribution in [3.05, 3.63) is 82.6 Å². The Hall–Kier alpha value is -3.46. The summed E-state index contributed by atoms with van der Waals surface area (Å²) in [5.41, 5.74) is 3.65. The number of aryl methyl sites for hydroxylation is 2. The highest BCUT2D eigenvalue weighted by atomic mass is 32.2. The summed E-state index contributed by atoms with van der Waals surface area (Å²) >= 11 is 0. The fraction of sp³-hybridized carbons (Fsp3) is 0.308. The van der Waals surface area contributed by atoms with Crippen molar-refractivity contribution in [1.29, 1.82) is 0 Å². The minimum Gasteiger partial charge on any atom is -0.455 e. The number of halogens is 1. The largest absolute Gasteiger partial charge is 0.455 e. The first kappa shape index (κ1) is 24.7. The normalized spacial score (nSPS) is 14.5. The van der Waals surface area contributed by atoms with Gasteiger partial charge in [0.15, 0.2) is 5.76 Å². The van der Waals surface area contributed by atoms with Crippen LogP contribution >= 0.6 is 0 Å². The van der Waals surface area contributed by atoms with Gasteiger partial charge < -0.3 is 9.73 Å². The second kappa shape index (κ2) is 10.4. The maximum Gasteiger partial charge on any atom is 0.291 e. The molecule has 35 heavy (non-hydrogen) atoms. The van der Waals surface area contributed by atoms with E-state index in [0.29, 0.717) is 47.5 Å². The topological polar surface area (TPSA) is 101 Å². The molecular weight excluding hydrogens is 469 g/mol. The molecule has 2 aromatic carbocycles. The molecule has 0 radical (unpaired) electrons. The van der Waals surface area contributed by atoms with E-state index < -0.39 is 15.8 Å². The predicted molar refractivity (Wildman–Crippen MR) is 133 cm³/mol. The number of hydrazone groups is 1. The monoisotopic (exact) mass is 497 g/mol. The number of sulfonamides is 1. The van der Waals surface area contributed by atoms with Crippen LogP contribution in [-0.2, 0) is 22.9 Å². The molecule has 9 heteroatoms. The Labute approximate surface area is 204 Å². The molecule has 1 aliphatic carbocycles. The number of rotatable bonds is 8. The summed E-state index contributed by atoms with van der Waals surface area (Å²) in [7, 11) is -3.97. The lowest BCUT2D eigenvalue weighted by molar-refractivity contribution is 0.0994. The van der Waals surface area contributed by atoms with Crippen molar-refractivity contribution in [3.63, 3.8) is 0 Å². The molecule has 0 atom stereocenters. The summed E-state index contributed by atoms with van der Waals surface area (Å²) in [5, 5.41) is 7.01. The Morgan fingerprint density at radius 1 is 1.09 bits per heavy atom. The molecule has 0 fully saturated rings. The Morgan fingerprint density at radius 3 is 2.49 bits per heavy atom. The average molecular weight is 498 g/mol. The van der Waals surface area contributed by atoms with E-state index in [1.54, 1.807) is 6.92 Å². The van der Waals surface area contributed by atoms with Crippen LogP contribution in [0.1, 0.15) is 65.6 Å². The van der Waals surface area contributed by atoms with Gasteiger partial charge in [-0.25, -0.2) is 4.39 Å². The van der Waals surface area contributed by atoms with Crippen LogP contribution in [0.25, 0.3) is 0 Å². The number of benzene rings is 2. The number of carbonyl (C=O) groups excluding carboxylic acids is 1. The molecule has 0 unspecified atom stereocenters. The summed E-state index contributed by atoms with van der Waals surface area (Å²) in [5.74, 6) is -0.113. The number of carbonyl (C=O) groups is 1. The fourth-order valence-electron chi connectivity index (χ4n) is 4.10. The van der Waals surface area contributed by atoms with E-state index in [2.05, 4.69) is 22.2 Å². The van der Waals surface area contributed by atoms with Crippen molar-refractivity contribution in [1.82, 2.24) is 4.83 Å². The molecule has 2 N–H and O–H groups in total. The second-order valence-electron chi connectivity index (χ2n) is 8.57. The van der Waals surface area contributed by atoms with E-state index in [4.69, 9.17) is 4.42 Å². The summed E-state index contributed by atoms with van der Waals surface area (Å²) in [6, 6.07) is 12.2. The van der Waals surface area contributed by atoms with E-state index in [9.17, 15) is 17.6 Å². The van der Waals surface area contributed by atoms with Gasteiger partial charge in [-0.2, -0.15) is 18.4 Å². The number of hydrogen-bond donors (Lipinski definition) is 2. The number of amides is 1. The number of furan rings is 1. The van der Waals surface area contributed by atoms with Crippen LogP contribution in [-0.4, -0.2) is 20.0 Å². The molecular formula is C26H28FN3O4S. The van der Waals surface area contributed by atoms with Crippen LogP contribution in [0.3, 0.4) is 0 Å². The van der Waals surface area contributed by atoms with E-state index >= 15 is 0 Å². The molecule has 0 saturated carbocycles. The zero-order valence-corrected chi connectivity index (χ0v) is 20.5. The SMILES string of the molecule is CCCCc1ccc(NC(=O)c2oc3c(c2C)/C(=N/NS(=O)(=O)c2ccc(F)cc2)CCC3)cc1. The molecule has 0 bridgehead atoms. The first-order valence-electron chi connectivity index (χ1n) is 11.7. The molecule has 1 amide bonds. The zero-order valence-electron chi connectivity index (χ0n) is 19.7. The van der Waals surface area contributed by atoms with Crippen LogP contribution in [0.5, 0.6) is 0 Å². The summed E-state index contributed by atoms with van der Waals surface area (Å²) in [6.45, 7) is 3.91. The highest BCUT2D eigenvalue weighted by Gasteiger charge is 2.28. The van der Waals surface area contributed by atoms with Crippen molar-refractivity contribution in [2.24, 2.45) is 5.10 Å². The minimum absolute atomic E-state index is 0.0935. The smallest absolute Gasteiger partial charge is 0.291 e. The van der Waals surface area contributed by atoms with Gasteiger partial charge in [0, 0.05) is 23.2 Å². The molecule has 7 nitrogen and oxygen atoms in total. The summed E-state index contributed by atoms with van der Waals surface area (Å²) in [6.07, 6.45) is 5.10. The van der Waals surface area contributed by atoms with Crippen LogP contribution in [0, 0.1) is 12.7 Å². The van der Waals surface area contributed by atoms with E-state index in [-0.39, 0.29) is 16.6 Å². The zero-order chi connectivity index (χ0) is 25.0. The Morgan fingerprint density at radius 2 is 1.80 bits per heavy atom. The standard InChI is InChI=1S/C26H28FN3O4S/c1-3-4-6-18-9-13-20(14-10-18)28-26(31)25-17(2)24-22(7-5-8-23(24)34-25)29-30-35(32,33)21-15-11-19(27)12-16-21/h9-16,30H,3-8H2,1-2H3,(H,28,31)/b29-22+. The van der Waals surface area contributed by atoms with Crippen LogP contribution in [0.15, 0.2) is 62.9 Å². The van der Waals surface area contributed by atoms with Crippen molar-refractivity contribution < 1.29 is 22.0 Å². The maximum atomic E-state index is 13.1. The van der Waals surface area contributed by atoms with Crippen molar-refractivity contribution in [2.45, 2.75) is 57.3 Å². The Kier molecular flexibility index (Phi) is 7.35.